The number of hydrogen-bond donors (Lipinski definition) is 0. The van der Waals surface area contributed by atoms with Gasteiger partial charge in [0, 0.05) is 6.92 Å². The largest absolute Gasteiger partial charge is 0.476 e. The van der Waals surface area contributed by atoms with E-state index in [2.05, 4.69) is 18.8 Å². The highest BCUT2D eigenvalue weighted by Crippen LogP contribution is 2.18. The average molecular weight is 141 g/mol. The highest BCUT2D eigenvalue weighted by atomic mass is 16.5. The van der Waals surface area contributed by atoms with Gasteiger partial charge in [0.05, 0.1) is 6.04 Å². The molecule has 10 heavy (non-hydrogen) atoms. The summed E-state index contributed by atoms with van der Waals surface area (Å²) < 4.78 is 5.46. The van der Waals surface area contributed by atoms with Crippen LogP contribution in [0.3, 0.4) is 0 Å². The molecule has 1 rings (SSSR count). The van der Waals surface area contributed by atoms with E-state index >= 15 is 0 Å². The van der Waals surface area contributed by atoms with Crippen LogP contribution >= 0.6 is 0 Å². The third kappa shape index (κ3) is 1.31. The molecule has 0 aliphatic carbocycles. The molecule has 0 N–H and O–H groups in total. The minimum atomic E-state index is 0.352. The number of aliphatic imine (C=N–C) groups is 1. The summed E-state index contributed by atoms with van der Waals surface area (Å²) in [5.74, 6) is 0.860. The summed E-state index contributed by atoms with van der Waals surface area (Å²) in [5.41, 5.74) is 0. The van der Waals surface area contributed by atoms with Crippen molar-refractivity contribution in [2.75, 3.05) is 0 Å². The van der Waals surface area contributed by atoms with Crippen molar-refractivity contribution in [3.05, 3.63) is 0 Å². The quantitative estimate of drug-likeness (QED) is 0.576. The van der Waals surface area contributed by atoms with E-state index in [1.165, 1.54) is 0 Å². The second-order valence-electron chi connectivity index (χ2n) is 2.69. The Hall–Kier alpha value is -0.530. The lowest BCUT2D eigenvalue weighted by Crippen LogP contribution is -2.20. The molecule has 1 heterocycles. The van der Waals surface area contributed by atoms with E-state index in [0.29, 0.717) is 12.1 Å². The molecule has 0 saturated carbocycles. The molecule has 1 aliphatic rings. The number of ether oxygens (including phenoxy) is 1. The van der Waals surface area contributed by atoms with Crippen LogP contribution < -0.4 is 0 Å². The van der Waals surface area contributed by atoms with Crippen LogP contribution in [0.4, 0.5) is 0 Å². The summed E-state index contributed by atoms with van der Waals surface area (Å²) in [7, 11) is 0. The molecule has 0 aromatic heterocycles. The topological polar surface area (TPSA) is 21.6 Å². The van der Waals surface area contributed by atoms with Gasteiger partial charge in [-0.1, -0.05) is 13.8 Å². The molecular formula is C8H15NO. The van der Waals surface area contributed by atoms with Gasteiger partial charge in [0.25, 0.3) is 0 Å². The fourth-order valence-corrected chi connectivity index (χ4v) is 1.35. The van der Waals surface area contributed by atoms with Crippen molar-refractivity contribution in [1.29, 1.82) is 0 Å². The van der Waals surface area contributed by atoms with E-state index in [1.807, 2.05) is 6.92 Å². The van der Waals surface area contributed by atoms with Crippen LogP contribution in [0.25, 0.3) is 0 Å². The molecule has 1 aliphatic heterocycles. The van der Waals surface area contributed by atoms with Gasteiger partial charge in [0.2, 0.25) is 0 Å². The maximum Gasteiger partial charge on any atom is 0.180 e. The van der Waals surface area contributed by atoms with Crippen LogP contribution in [-0.4, -0.2) is 18.0 Å². The minimum Gasteiger partial charge on any atom is -0.476 e. The van der Waals surface area contributed by atoms with Crippen molar-refractivity contribution in [3.63, 3.8) is 0 Å². The Morgan fingerprint density at radius 3 is 2.50 bits per heavy atom. The van der Waals surface area contributed by atoms with Crippen LogP contribution in [0.15, 0.2) is 4.99 Å². The zero-order chi connectivity index (χ0) is 7.56. The van der Waals surface area contributed by atoms with Gasteiger partial charge in [-0.3, -0.25) is 0 Å². The molecule has 58 valence electrons. The van der Waals surface area contributed by atoms with Gasteiger partial charge >= 0.3 is 0 Å². The summed E-state index contributed by atoms with van der Waals surface area (Å²) >= 11 is 0. The molecule has 0 amide bonds. The van der Waals surface area contributed by atoms with E-state index in [-0.39, 0.29) is 0 Å². The fourth-order valence-electron chi connectivity index (χ4n) is 1.35. The first kappa shape index (κ1) is 7.58. The van der Waals surface area contributed by atoms with Crippen LogP contribution in [-0.2, 0) is 4.74 Å². The lowest BCUT2D eigenvalue weighted by Gasteiger charge is -2.12. The Balaban J connectivity index is 2.52. The molecule has 0 bridgehead atoms. The minimum absolute atomic E-state index is 0.352. The van der Waals surface area contributed by atoms with Gasteiger partial charge in [0.1, 0.15) is 6.10 Å². The molecule has 0 unspecified atom stereocenters. The van der Waals surface area contributed by atoms with Crippen LogP contribution in [0.5, 0.6) is 0 Å². The maximum atomic E-state index is 5.46. The smallest absolute Gasteiger partial charge is 0.180 e. The molecule has 0 spiro atoms. The Bertz CT molecular complexity index is 142. The summed E-state index contributed by atoms with van der Waals surface area (Å²) in [5, 5.41) is 0. The molecule has 0 saturated heterocycles. The number of nitrogens with zero attached hydrogens (tertiary/aromatic N) is 1. The van der Waals surface area contributed by atoms with Crippen molar-refractivity contribution in [3.8, 4) is 0 Å². The molecular weight excluding hydrogens is 126 g/mol. The summed E-state index contributed by atoms with van der Waals surface area (Å²) in [6, 6.07) is 0.421. The van der Waals surface area contributed by atoms with E-state index < -0.39 is 0 Å². The maximum absolute atomic E-state index is 5.46. The summed E-state index contributed by atoms with van der Waals surface area (Å²) in [6.45, 7) is 6.22. The predicted molar refractivity (Wildman–Crippen MR) is 42.4 cm³/mol. The lowest BCUT2D eigenvalue weighted by atomic mass is 10.1. The summed E-state index contributed by atoms with van der Waals surface area (Å²) in [6.07, 6.45) is 2.51. The number of hydrogen-bond acceptors (Lipinski definition) is 2. The highest BCUT2D eigenvalue weighted by molar-refractivity contribution is 5.75. The van der Waals surface area contributed by atoms with Gasteiger partial charge in [-0.25, -0.2) is 4.99 Å². The van der Waals surface area contributed by atoms with E-state index in [1.54, 1.807) is 0 Å². The molecule has 2 atom stereocenters. The lowest BCUT2D eigenvalue weighted by molar-refractivity contribution is 0.184. The predicted octanol–water partition coefficient (Wildman–Crippen LogP) is 1.99. The molecule has 0 fully saturated rings. The van der Waals surface area contributed by atoms with Gasteiger partial charge in [0.15, 0.2) is 5.90 Å². The van der Waals surface area contributed by atoms with Crippen molar-refractivity contribution < 1.29 is 4.74 Å². The second kappa shape index (κ2) is 3.04. The number of rotatable bonds is 2. The summed E-state index contributed by atoms with van der Waals surface area (Å²) in [4.78, 5) is 4.35. The standard InChI is InChI=1S/C8H15NO/c1-4-7-8(5-2)10-6(3)9-7/h7-8H,4-5H2,1-3H3/t7-,8+/m0/s1. The van der Waals surface area contributed by atoms with Crippen molar-refractivity contribution >= 4 is 5.90 Å². The van der Waals surface area contributed by atoms with Crippen molar-refractivity contribution in [2.24, 2.45) is 4.99 Å². The Morgan fingerprint density at radius 1 is 1.40 bits per heavy atom. The molecule has 0 aromatic carbocycles. The molecule has 2 nitrogen and oxygen atoms in total. The van der Waals surface area contributed by atoms with E-state index in [0.717, 1.165) is 18.7 Å². The van der Waals surface area contributed by atoms with Crippen molar-refractivity contribution in [1.82, 2.24) is 0 Å². The van der Waals surface area contributed by atoms with Crippen LogP contribution in [0, 0.1) is 0 Å². The Kier molecular flexibility index (Phi) is 2.30. The zero-order valence-corrected chi connectivity index (χ0v) is 6.92. The van der Waals surface area contributed by atoms with E-state index in [4.69, 9.17) is 4.74 Å². The van der Waals surface area contributed by atoms with Gasteiger partial charge in [-0.05, 0) is 12.8 Å². The highest BCUT2D eigenvalue weighted by Gasteiger charge is 2.25. The van der Waals surface area contributed by atoms with Gasteiger partial charge in [-0.2, -0.15) is 0 Å². The average Bonchev–Trinajstić information content (AvgIpc) is 2.30. The van der Waals surface area contributed by atoms with Crippen LogP contribution in [0.1, 0.15) is 33.6 Å². The Labute approximate surface area is 62.3 Å². The first-order chi connectivity index (χ1) is 4.77. The monoisotopic (exact) mass is 141 g/mol. The van der Waals surface area contributed by atoms with Gasteiger partial charge in [-0.15, -0.1) is 0 Å². The Morgan fingerprint density at radius 2 is 2.10 bits per heavy atom. The van der Waals surface area contributed by atoms with Crippen LogP contribution in [0.2, 0.25) is 0 Å². The third-order valence-corrected chi connectivity index (χ3v) is 1.92. The fraction of sp³-hybridized carbons (Fsp3) is 0.875. The normalized spacial score (nSPS) is 31.7. The second-order valence-corrected chi connectivity index (χ2v) is 2.69. The zero-order valence-electron chi connectivity index (χ0n) is 6.92. The molecule has 2 heteroatoms. The molecule has 0 aromatic rings. The molecule has 0 radical (unpaired) electrons. The first-order valence-corrected chi connectivity index (χ1v) is 3.99. The van der Waals surface area contributed by atoms with E-state index in [9.17, 15) is 0 Å². The van der Waals surface area contributed by atoms with Crippen molar-refractivity contribution in [2.45, 2.75) is 45.8 Å². The van der Waals surface area contributed by atoms with Gasteiger partial charge < -0.3 is 4.74 Å². The first-order valence-electron chi connectivity index (χ1n) is 3.99. The SMILES string of the molecule is CC[C@@H]1N=C(C)O[C@@H]1CC. The third-order valence-electron chi connectivity index (χ3n) is 1.92.